The lowest BCUT2D eigenvalue weighted by Crippen LogP contribution is -2.04. The van der Waals surface area contributed by atoms with E-state index in [2.05, 4.69) is 30.6 Å². The van der Waals surface area contributed by atoms with Gasteiger partial charge in [0.1, 0.15) is 5.52 Å². The first-order chi connectivity index (χ1) is 10.3. The number of fused-ring (bicyclic) bond motifs is 1. The van der Waals surface area contributed by atoms with Crippen molar-refractivity contribution in [3.8, 4) is 0 Å². The van der Waals surface area contributed by atoms with Crippen LogP contribution in [-0.2, 0) is 0 Å². The Bertz CT molecular complexity index is 795. The number of hydrogen-bond acceptors (Lipinski definition) is 5. The Morgan fingerprint density at radius 1 is 1.24 bits per heavy atom. The van der Waals surface area contributed by atoms with Gasteiger partial charge in [-0.3, -0.25) is 0 Å². The molecular weight excluding hydrogens is 288 g/mol. The minimum absolute atomic E-state index is 0.519. The molecule has 6 nitrogen and oxygen atoms in total. The molecule has 0 atom stereocenters. The summed E-state index contributed by atoms with van der Waals surface area (Å²) >= 11 is 5.96. The molecule has 3 N–H and O–H groups in total. The van der Waals surface area contributed by atoms with Gasteiger partial charge in [-0.2, -0.15) is 9.97 Å². The quantitative estimate of drug-likeness (QED) is 0.689. The second kappa shape index (κ2) is 4.89. The maximum absolute atomic E-state index is 5.96. The van der Waals surface area contributed by atoms with E-state index in [1.54, 1.807) is 6.20 Å². The van der Waals surface area contributed by atoms with E-state index in [9.17, 15) is 0 Å². The smallest absolute Gasteiger partial charge is 0.225 e. The Morgan fingerprint density at radius 2 is 2.14 bits per heavy atom. The van der Waals surface area contributed by atoms with E-state index < -0.39 is 0 Å². The molecule has 1 fully saturated rings. The number of nitrogens with zero attached hydrogens (tertiary/aromatic N) is 3. The van der Waals surface area contributed by atoms with Crippen LogP contribution in [0.25, 0.3) is 11.2 Å². The van der Waals surface area contributed by atoms with Gasteiger partial charge in [-0.15, -0.1) is 0 Å². The third-order valence-corrected chi connectivity index (χ3v) is 3.47. The zero-order valence-electron chi connectivity index (χ0n) is 11.1. The number of halogens is 1. The molecule has 0 saturated heterocycles. The molecule has 0 amide bonds. The number of H-pyrrole nitrogens is 1. The van der Waals surface area contributed by atoms with Crippen LogP contribution < -0.4 is 10.6 Å². The number of nitrogens with one attached hydrogen (secondary N) is 3. The van der Waals surface area contributed by atoms with Crippen molar-refractivity contribution < 1.29 is 0 Å². The van der Waals surface area contributed by atoms with Crippen LogP contribution in [0.1, 0.15) is 12.8 Å². The van der Waals surface area contributed by atoms with Crippen LogP contribution in [0.3, 0.4) is 0 Å². The van der Waals surface area contributed by atoms with Crippen LogP contribution in [0.5, 0.6) is 0 Å². The topological polar surface area (TPSA) is 78.5 Å². The summed E-state index contributed by atoms with van der Waals surface area (Å²) in [7, 11) is 0. The number of aromatic amines is 1. The highest BCUT2D eigenvalue weighted by atomic mass is 35.5. The van der Waals surface area contributed by atoms with Crippen LogP contribution in [0.4, 0.5) is 17.6 Å². The third-order valence-electron chi connectivity index (χ3n) is 3.24. The van der Waals surface area contributed by atoms with Gasteiger partial charge in [-0.05, 0) is 31.0 Å². The van der Waals surface area contributed by atoms with E-state index >= 15 is 0 Å². The van der Waals surface area contributed by atoms with Crippen molar-refractivity contribution in [2.24, 2.45) is 0 Å². The Kier molecular flexibility index (Phi) is 2.89. The largest absolute Gasteiger partial charge is 0.351 e. The fourth-order valence-corrected chi connectivity index (χ4v) is 2.24. The summed E-state index contributed by atoms with van der Waals surface area (Å²) in [6.45, 7) is 0. The van der Waals surface area contributed by atoms with Gasteiger partial charge in [-0.1, -0.05) is 17.7 Å². The van der Waals surface area contributed by atoms with Crippen molar-refractivity contribution >= 4 is 40.3 Å². The van der Waals surface area contributed by atoms with Crippen molar-refractivity contribution in [2.45, 2.75) is 18.9 Å². The maximum atomic E-state index is 5.96. The van der Waals surface area contributed by atoms with Gasteiger partial charge in [0, 0.05) is 16.8 Å². The molecule has 21 heavy (non-hydrogen) atoms. The van der Waals surface area contributed by atoms with E-state index in [-0.39, 0.29) is 0 Å². The average Bonchev–Trinajstić information content (AvgIpc) is 3.17. The van der Waals surface area contributed by atoms with Crippen molar-refractivity contribution in [1.29, 1.82) is 0 Å². The van der Waals surface area contributed by atoms with Crippen molar-refractivity contribution in [1.82, 2.24) is 19.9 Å². The predicted octanol–water partition coefficient (Wildman–Crippen LogP) is 3.32. The zero-order chi connectivity index (χ0) is 14.2. The first-order valence-electron chi connectivity index (χ1n) is 6.78. The fourth-order valence-electron chi connectivity index (χ4n) is 2.05. The van der Waals surface area contributed by atoms with E-state index in [1.165, 1.54) is 12.8 Å². The summed E-state index contributed by atoms with van der Waals surface area (Å²) in [5.41, 5.74) is 2.30. The van der Waals surface area contributed by atoms with Crippen LogP contribution in [-0.4, -0.2) is 26.0 Å². The second-order valence-corrected chi connectivity index (χ2v) is 5.51. The summed E-state index contributed by atoms with van der Waals surface area (Å²) in [5.74, 6) is 1.25. The highest BCUT2D eigenvalue weighted by Gasteiger charge is 2.22. The lowest BCUT2D eigenvalue weighted by atomic mass is 10.3. The van der Waals surface area contributed by atoms with Gasteiger partial charge in [0.05, 0.1) is 6.20 Å². The predicted molar refractivity (Wildman–Crippen MR) is 83.1 cm³/mol. The molecule has 106 valence electrons. The monoisotopic (exact) mass is 300 g/mol. The number of rotatable bonds is 4. The van der Waals surface area contributed by atoms with E-state index in [0.717, 1.165) is 11.2 Å². The Morgan fingerprint density at radius 3 is 2.95 bits per heavy atom. The molecule has 3 aromatic rings. The molecule has 2 heterocycles. The molecule has 0 bridgehead atoms. The average molecular weight is 301 g/mol. The lowest BCUT2D eigenvalue weighted by Gasteiger charge is -2.01. The number of hydrogen-bond donors (Lipinski definition) is 3. The van der Waals surface area contributed by atoms with Gasteiger partial charge in [0.2, 0.25) is 11.9 Å². The van der Waals surface area contributed by atoms with Gasteiger partial charge < -0.3 is 15.6 Å². The van der Waals surface area contributed by atoms with Gasteiger partial charge in [0.15, 0.2) is 5.65 Å². The Balaban J connectivity index is 1.60. The first-order valence-corrected chi connectivity index (χ1v) is 7.16. The minimum atomic E-state index is 0.519. The van der Waals surface area contributed by atoms with Crippen molar-refractivity contribution in [3.63, 3.8) is 0 Å². The molecule has 7 heteroatoms. The van der Waals surface area contributed by atoms with Crippen molar-refractivity contribution in [3.05, 3.63) is 35.5 Å². The molecule has 1 saturated carbocycles. The summed E-state index contributed by atoms with van der Waals surface area (Å²) in [6, 6.07) is 7.98. The van der Waals surface area contributed by atoms with Crippen molar-refractivity contribution in [2.75, 3.05) is 10.6 Å². The standard InChI is InChI=1S/C14H13ClN6/c15-8-2-1-3-10(6-8)18-14-19-11-7-16-13(17-9-4-5-9)20-12(11)21-14/h1-3,6-7,9H,4-5H2,(H3,16,17,18,19,20,21). The molecule has 0 aliphatic heterocycles. The van der Waals surface area contributed by atoms with E-state index in [4.69, 9.17) is 11.6 Å². The summed E-state index contributed by atoms with van der Waals surface area (Å²) < 4.78 is 0. The molecule has 0 unspecified atom stereocenters. The normalized spacial score (nSPS) is 14.3. The molecule has 1 aromatic carbocycles. The minimum Gasteiger partial charge on any atom is -0.351 e. The SMILES string of the molecule is Clc1cccc(Nc2nc3nc(NC4CC4)ncc3[nH]2)c1. The summed E-state index contributed by atoms with van der Waals surface area (Å²) in [5, 5.41) is 7.10. The zero-order valence-corrected chi connectivity index (χ0v) is 11.9. The number of benzene rings is 1. The highest BCUT2D eigenvalue weighted by molar-refractivity contribution is 6.30. The van der Waals surface area contributed by atoms with Crippen LogP contribution >= 0.6 is 11.6 Å². The molecule has 1 aliphatic carbocycles. The molecule has 4 rings (SSSR count). The number of aromatic nitrogens is 4. The van der Waals surface area contributed by atoms with Crippen LogP contribution in [0.15, 0.2) is 30.5 Å². The number of anilines is 3. The molecule has 1 aliphatic rings. The van der Waals surface area contributed by atoms with Gasteiger partial charge in [-0.25, -0.2) is 4.98 Å². The summed E-state index contributed by atoms with van der Waals surface area (Å²) in [4.78, 5) is 16.3. The molecular formula is C14H13ClN6. The van der Waals surface area contributed by atoms with Gasteiger partial charge in [0.25, 0.3) is 0 Å². The third kappa shape index (κ3) is 2.75. The fraction of sp³-hybridized carbons (Fsp3) is 0.214. The van der Waals surface area contributed by atoms with E-state index in [0.29, 0.717) is 28.6 Å². The summed E-state index contributed by atoms with van der Waals surface area (Å²) in [6.07, 6.45) is 4.11. The van der Waals surface area contributed by atoms with E-state index in [1.807, 2.05) is 24.3 Å². The molecule has 0 radical (unpaired) electrons. The number of imidazole rings is 1. The lowest BCUT2D eigenvalue weighted by molar-refractivity contribution is 1.07. The van der Waals surface area contributed by atoms with Crippen LogP contribution in [0, 0.1) is 0 Å². The highest BCUT2D eigenvalue weighted by Crippen LogP contribution is 2.24. The van der Waals surface area contributed by atoms with Crippen LogP contribution in [0.2, 0.25) is 5.02 Å². The Hall–Kier alpha value is -2.34. The maximum Gasteiger partial charge on any atom is 0.225 e. The molecule has 0 spiro atoms. The first kappa shape index (κ1) is 12.4. The second-order valence-electron chi connectivity index (χ2n) is 5.07. The molecule has 2 aromatic heterocycles. The van der Waals surface area contributed by atoms with Gasteiger partial charge >= 0.3 is 0 Å². The Labute approximate surface area is 126 Å².